The number of halogens is 1. The molecule has 0 aromatic heterocycles. The molecule has 3 nitrogen and oxygen atoms in total. The van der Waals surface area contributed by atoms with Crippen molar-refractivity contribution in [3.63, 3.8) is 0 Å². The quantitative estimate of drug-likeness (QED) is 0.817. The summed E-state index contributed by atoms with van der Waals surface area (Å²) in [5.74, 6) is 0.935. The molecule has 18 heavy (non-hydrogen) atoms. The molecule has 0 spiro atoms. The van der Waals surface area contributed by atoms with Crippen LogP contribution in [0.25, 0.3) is 0 Å². The van der Waals surface area contributed by atoms with E-state index < -0.39 is 0 Å². The van der Waals surface area contributed by atoms with Gasteiger partial charge >= 0.3 is 0 Å². The van der Waals surface area contributed by atoms with Gasteiger partial charge in [-0.2, -0.15) is 0 Å². The maximum atomic E-state index is 12.1. The Balaban J connectivity index is 1.89. The van der Waals surface area contributed by atoms with E-state index in [-0.39, 0.29) is 11.8 Å². The Morgan fingerprint density at radius 3 is 2.67 bits per heavy atom. The van der Waals surface area contributed by atoms with Gasteiger partial charge in [-0.25, -0.2) is 0 Å². The molecule has 0 heterocycles. The molecule has 1 aliphatic rings. The van der Waals surface area contributed by atoms with E-state index in [9.17, 15) is 4.79 Å². The van der Waals surface area contributed by atoms with Crippen molar-refractivity contribution in [3.05, 3.63) is 27.8 Å². The van der Waals surface area contributed by atoms with E-state index in [1.807, 2.05) is 24.3 Å². The van der Waals surface area contributed by atoms with E-state index in [1.165, 1.54) is 0 Å². The van der Waals surface area contributed by atoms with Crippen molar-refractivity contribution in [2.24, 2.45) is 17.6 Å². The highest BCUT2D eigenvalue weighted by Gasteiger charge is 2.25. The third-order valence-corrected chi connectivity index (χ3v) is 4.31. The average Bonchev–Trinajstić information content (AvgIpc) is 2.39. The predicted octanol–water partition coefficient (Wildman–Crippen LogP) is 2.99. The van der Waals surface area contributed by atoms with Gasteiger partial charge < -0.3 is 11.1 Å². The van der Waals surface area contributed by atoms with Crippen LogP contribution in [-0.2, 0) is 4.79 Å². The Morgan fingerprint density at radius 1 is 1.33 bits per heavy atom. The second-order valence-electron chi connectivity index (χ2n) is 4.95. The molecule has 98 valence electrons. The molecule has 0 unspecified atom stereocenters. The molecule has 1 saturated carbocycles. The van der Waals surface area contributed by atoms with Gasteiger partial charge in [-0.3, -0.25) is 4.79 Å². The second kappa shape index (κ2) is 6.52. The minimum atomic E-state index is 0.158. The van der Waals surface area contributed by atoms with Crippen LogP contribution in [0.2, 0.25) is 0 Å². The summed E-state index contributed by atoms with van der Waals surface area (Å²) in [7, 11) is 0. The first-order chi connectivity index (χ1) is 8.69. The van der Waals surface area contributed by atoms with Gasteiger partial charge in [0.05, 0.1) is 0 Å². The maximum Gasteiger partial charge on any atom is 0.227 e. The van der Waals surface area contributed by atoms with Crippen molar-refractivity contribution in [1.82, 2.24) is 0 Å². The minimum Gasteiger partial charge on any atom is -0.330 e. The van der Waals surface area contributed by atoms with Crippen LogP contribution in [0.5, 0.6) is 0 Å². The van der Waals surface area contributed by atoms with E-state index in [0.29, 0.717) is 5.92 Å². The normalized spacial score (nSPS) is 23.7. The molecule has 1 fully saturated rings. The van der Waals surface area contributed by atoms with E-state index in [2.05, 4.69) is 27.9 Å². The number of benzene rings is 1. The van der Waals surface area contributed by atoms with Gasteiger partial charge in [0.15, 0.2) is 0 Å². The van der Waals surface area contributed by atoms with Crippen LogP contribution in [0.1, 0.15) is 25.7 Å². The number of hydrogen-bond acceptors (Lipinski definition) is 2. The minimum absolute atomic E-state index is 0.158. The van der Waals surface area contributed by atoms with Gasteiger partial charge in [-0.15, -0.1) is 0 Å². The predicted molar refractivity (Wildman–Crippen MR) is 82.3 cm³/mol. The summed E-state index contributed by atoms with van der Waals surface area (Å²) in [5.41, 5.74) is 6.56. The van der Waals surface area contributed by atoms with Crippen LogP contribution in [0.15, 0.2) is 24.3 Å². The fourth-order valence-corrected chi connectivity index (χ4v) is 3.01. The maximum absolute atomic E-state index is 12.1. The fourth-order valence-electron chi connectivity index (χ4n) is 2.47. The van der Waals surface area contributed by atoms with Gasteiger partial charge in [0, 0.05) is 15.2 Å². The summed E-state index contributed by atoms with van der Waals surface area (Å²) in [6.45, 7) is 0.755. The average molecular weight is 358 g/mol. The highest BCUT2D eigenvalue weighted by Crippen LogP contribution is 2.29. The van der Waals surface area contributed by atoms with Crippen molar-refractivity contribution in [3.8, 4) is 0 Å². The van der Waals surface area contributed by atoms with Gasteiger partial charge in [0.25, 0.3) is 0 Å². The Labute approximate surface area is 122 Å². The van der Waals surface area contributed by atoms with Crippen molar-refractivity contribution in [2.75, 3.05) is 11.9 Å². The molecule has 0 radical (unpaired) electrons. The lowest BCUT2D eigenvalue weighted by Gasteiger charge is -2.26. The molecule has 2 rings (SSSR count). The zero-order valence-corrected chi connectivity index (χ0v) is 12.5. The zero-order chi connectivity index (χ0) is 13.0. The van der Waals surface area contributed by atoms with Crippen molar-refractivity contribution in [2.45, 2.75) is 25.7 Å². The van der Waals surface area contributed by atoms with Crippen molar-refractivity contribution >= 4 is 34.2 Å². The standard InChI is InChI=1S/C14H19IN2O/c15-12-2-1-3-13(8-12)17-14(18)11-6-4-10(9-16)5-7-11/h1-3,8,10-11H,4-7,9,16H2,(H,17,18). The number of carbonyl (C=O) groups is 1. The van der Waals surface area contributed by atoms with E-state index in [1.54, 1.807) is 0 Å². The third kappa shape index (κ3) is 3.68. The highest BCUT2D eigenvalue weighted by atomic mass is 127. The number of rotatable bonds is 3. The fraction of sp³-hybridized carbons (Fsp3) is 0.500. The van der Waals surface area contributed by atoms with Crippen LogP contribution in [0.3, 0.4) is 0 Å². The molecule has 1 aromatic carbocycles. The molecule has 0 bridgehead atoms. The summed E-state index contributed by atoms with van der Waals surface area (Å²) >= 11 is 2.25. The summed E-state index contributed by atoms with van der Waals surface area (Å²) in [6.07, 6.45) is 4.11. The van der Waals surface area contributed by atoms with Crippen LogP contribution >= 0.6 is 22.6 Å². The topological polar surface area (TPSA) is 55.1 Å². The van der Waals surface area contributed by atoms with E-state index in [0.717, 1.165) is 41.5 Å². The number of amides is 1. The molecule has 1 aromatic rings. The Morgan fingerprint density at radius 2 is 2.06 bits per heavy atom. The molecular formula is C14H19IN2O. The molecule has 3 N–H and O–H groups in total. The molecule has 0 saturated heterocycles. The summed E-state index contributed by atoms with van der Waals surface area (Å²) in [6, 6.07) is 7.90. The first kappa shape index (κ1) is 13.8. The van der Waals surface area contributed by atoms with Crippen LogP contribution in [-0.4, -0.2) is 12.5 Å². The highest BCUT2D eigenvalue weighted by molar-refractivity contribution is 14.1. The van der Waals surface area contributed by atoms with E-state index >= 15 is 0 Å². The molecule has 0 aliphatic heterocycles. The Hall–Kier alpha value is -0.620. The summed E-state index contributed by atoms with van der Waals surface area (Å²) in [5, 5.41) is 3.01. The van der Waals surface area contributed by atoms with E-state index in [4.69, 9.17) is 5.73 Å². The van der Waals surface area contributed by atoms with Gasteiger partial charge in [-0.05, 0) is 78.9 Å². The number of carbonyl (C=O) groups excluding carboxylic acids is 1. The number of nitrogens with one attached hydrogen (secondary N) is 1. The van der Waals surface area contributed by atoms with Crippen molar-refractivity contribution in [1.29, 1.82) is 0 Å². The SMILES string of the molecule is NCC1CCC(C(=O)Nc2cccc(I)c2)CC1. The third-order valence-electron chi connectivity index (χ3n) is 3.64. The molecular weight excluding hydrogens is 339 g/mol. The largest absolute Gasteiger partial charge is 0.330 e. The first-order valence-electron chi connectivity index (χ1n) is 6.45. The van der Waals surface area contributed by atoms with Gasteiger partial charge in [-0.1, -0.05) is 6.07 Å². The van der Waals surface area contributed by atoms with Gasteiger partial charge in [0.2, 0.25) is 5.91 Å². The van der Waals surface area contributed by atoms with Crippen LogP contribution in [0, 0.1) is 15.4 Å². The van der Waals surface area contributed by atoms with Crippen molar-refractivity contribution < 1.29 is 4.79 Å². The number of nitrogens with two attached hydrogens (primary N) is 1. The monoisotopic (exact) mass is 358 g/mol. The lowest BCUT2D eigenvalue weighted by molar-refractivity contribution is -0.121. The molecule has 0 atom stereocenters. The summed E-state index contributed by atoms with van der Waals surface area (Å²) < 4.78 is 1.14. The number of anilines is 1. The molecule has 1 aliphatic carbocycles. The Bertz CT molecular complexity index is 414. The second-order valence-corrected chi connectivity index (χ2v) is 6.20. The summed E-state index contributed by atoms with van der Waals surface area (Å²) in [4.78, 5) is 12.1. The smallest absolute Gasteiger partial charge is 0.227 e. The lowest BCUT2D eigenvalue weighted by Crippen LogP contribution is -2.29. The molecule has 4 heteroatoms. The lowest BCUT2D eigenvalue weighted by atomic mass is 9.81. The van der Waals surface area contributed by atoms with Gasteiger partial charge in [0.1, 0.15) is 0 Å². The molecule has 1 amide bonds. The first-order valence-corrected chi connectivity index (χ1v) is 7.53. The number of hydrogen-bond donors (Lipinski definition) is 2. The zero-order valence-electron chi connectivity index (χ0n) is 10.4. The Kier molecular flexibility index (Phi) is 5.00. The van der Waals surface area contributed by atoms with Crippen LogP contribution in [0.4, 0.5) is 5.69 Å². The van der Waals surface area contributed by atoms with Crippen LogP contribution < -0.4 is 11.1 Å².